The van der Waals surface area contributed by atoms with E-state index in [4.69, 9.17) is 0 Å². The lowest BCUT2D eigenvalue weighted by Gasteiger charge is -2.24. The van der Waals surface area contributed by atoms with Crippen LogP contribution in [0.4, 0.5) is 5.69 Å². The van der Waals surface area contributed by atoms with E-state index in [0.29, 0.717) is 23.8 Å². The van der Waals surface area contributed by atoms with Crippen LogP contribution in [0.25, 0.3) is 0 Å². The van der Waals surface area contributed by atoms with Crippen LogP contribution in [-0.4, -0.2) is 41.2 Å². The van der Waals surface area contributed by atoms with E-state index in [-0.39, 0.29) is 36.1 Å². The third-order valence-corrected chi connectivity index (χ3v) is 6.66. The zero-order valence-electron chi connectivity index (χ0n) is 17.0. The molecule has 6 nitrogen and oxygen atoms in total. The number of anilines is 1. The number of likely N-dealkylation sites (tertiary alicyclic amines) is 1. The Hall–Kier alpha value is -2.37. The first-order chi connectivity index (χ1) is 14.1. The molecule has 29 heavy (non-hydrogen) atoms. The topological polar surface area (TPSA) is 78.5 Å². The maximum Gasteiger partial charge on any atom is 0.253 e. The molecule has 1 aromatic carbocycles. The molecule has 1 aromatic rings. The first-order valence-corrected chi connectivity index (χ1v) is 11.1. The smallest absolute Gasteiger partial charge is 0.253 e. The van der Waals surface area contributed by atoms with E-state index >= 15 is 0 Å². The molecule has 2 saturated carbocycles. The van der Waals surface area contributed by atoms with Crippen molar-refractivity contribution in [3.63, 3.8) is 0 Å². The van der Waals surface area contributed by atoms with Gasteiger partial charge in [-0.15, -0.1) is 0 Å². The Bertz CT molecular complexity index is 766. The maximum absolute atomic E-state index is 12.9. The predicted octanol–water partition coefficient (Wildman–Crippen LogP) is 3.48. The molecule has 0 aromatic heterocycles. The van der Waals surface area contributed by atoms with Crippen molar-refractivity contribution in [3.05, 3.63) is 29.8 Å². The summed E-state index contributed by atoms with van der Waals surface area (Å²) in [6.07, 6.45) is 10.2. The maximum atomic E-state index is 12.9. The summed E-state index contributed by atoms with van der Waals surface area (Å²) in [5, 5.41) is 6.04. The number of para-hydroxylation sites is 1. The average molecular weight is 398 g/mol. The van der Waals surface area contributed by atoms with Crippen LogP contribution in [0, 0.1) is 5.92 Å². The van der Waals surface area contributed by atoms with E-state index in [1.165, 1.54) is 6.42 Å². The van der Waals surface area contributed by atoms with Crippen LogP contribution >= 0.6 is 0 Å². The van der Waals surface area contributed by atoms with Gasteiger partial charge in [-0.25, -0.2) is 0 Å². The second-order valence-electron chi connectivity index (χ2n) is 8.73. The Morgan fingerprint density at radius 3 is 2.38 bits per heavy atom. The molecule has 1 unspecified atom stereocenters. The number of rotatable bonds is 5. The zero-order valence-corrected chi connectivity index (χ0v) is 17.0. The van der Waals surface area contributed by atoms with Gasteiger partial charge in [0.05, 0.1) is 17.2 Å². The monoisotopic (exact) mass is 397 g/mol. The number of nitrogens with zero attached hydrogens (tertiary/aromatic N) is 1. The molecule has 0 spiro atoms. The van der Waals surface area contributed by atoms with Gasteiger partial charge in [-0.2, -0.15) is 0 Å². The Labute approximate surface area is 172 Å². The molecule has 1 heterocycles. The highest BCUT2D eigenvalue weighted by molar-refractivity contribution is 6.05. The van der Waals surface area contributed by atoms with Crippen molar-refractivity contribution in [1.82, 2.24) is 10.2 Å². The molecular formula is C23H31N3O3. The van der Waals surface area contributed by atoms with Gasteiger partial charge in [-0.1, -0.05) is 44.2 Å². The third-order valence-electron chi connectivity index (χ3n) is 6.66. The van der Waals surface area contributed by atoms with Crippen LogP contribution in [0.1, 0.15) is 74.6 Å². The Morgan fingerprint density at radius 1 is 0.931 bits per heavy atom. The molecule has 1 aliphatic heterocycles. The summed E-state index contributed by atoms with van der Waals surface area (Å²) in [5.41, 5.74) is 1.01. The first kappa shape index (κ1) is 19.9. The van der Waals surface area contributed by atoms with Crippen molar-refractivity contribution in [1.29, 1.82) is 0 Å². The highest BCUT2D eigenvalue weighted by Gasteiger charge is 2.38. The van der Waals surface area contributed by atoms with E-state index in [9.17, 15) is 14.4 Å². The Kier molecular flexibility index (Phi) is 6.16. The van der Waals surface area contributed by atoms with Gasteiger partial charge in [0.2, 0.25) is 11.8 Å². The molecule has 1 saturated heterocycles. The fourth-order valence-electron chi connectivity index (χ4n) is 5.01. The second-order valence-corrected chi connectivity index (χ2v) is 8.73. The largest absolute Gasteiger partial charge is 0.349 e. The predicted molar refractivity (Wildman–Crippen MR) is 111 cm³/mol. The van der Waals surface area contributed by atoms with Gasteiger partial charge in [0.25, 0.3) is 5.91 Å². The molecule has 6 heteroatoms. The lowest BCUT2D eigenvalue weighted by molar-refractivity contribution is -0.129. The Balaban J connectivity index is 1.39. The molecule has 156 valence electrons. The third kappa shape index (κ3) is 4.62. The lowest BCUT2D eigenvalue weighted by atomic mass is 9.95. The fraction of sp³-hybridized carbons (Fsp3) is 0.609. The van der Waals surface area contributed by atoms with Crippen molar-refractivity contribution in [3.8, 4) is 0 Å². The van der Waals surface area contributed by atoms with Gasteiger partial charge >= 0.3 is 0 Å². The van der Waals surface area contributed by atoms with Crippen LogP contribution in [-0.2, 0) is 9.59 Å². The van der Waals surface area contributed by atoms with Crippen LogP contribution in [0.15, 0.2) is 24.3 Å². The van der Waals surface area contributed by atoms with Crippen LogP contribution in [0.2, 0.25) is 0 Å². The molecule has 3 fully saturated rings. The Morgan fingerprint density at radius 2 is 1.62 bits per heavy atom. The zero-order chi connectivity index (χ0) is 20.2. The fourth-order valence-corrected chi connectivity index (χ4v) is 5.01. The molecule has 0 radical (unpaired) electrons. The normalized spacial score (nSPS) is 23.4. The quantitative estimate of drug-likeness (QED) is 0.798. The number of benzene rings is 1. The summed E-state index contributed by atoms with van der Waals surface area (Å²) >= 11 is 0. The van der Waals surface area contributed by atoms with Crippen molar-refractivity contribution in [2.45, 2.75) is 76.3 Å². The van der Waals surface area contributed by atoms with Crippen molar-refractivity contribution in [2.75, 3.05) is 11.9 Å². The summed E-state index contributed by atoms with van der Waals surface area (Å²) < 4.78 is 0. The molecule has 3 amide bonds. The number of hydrogen-bond donors (Lipinski definition) is 2. The van der Waals surface area contributed by atoms with Crippen molar-refractivity contribution < 1.29 is 14.4 Å². The van der Waals surface area contributed by atoms with Crippen molar-refractivity contribution >= 4 is 23.4 Å². The highest BCUT2D eigenvalue weighted by Crippen LogP contribution is 2.30. The van der Waals surface area contributed by atoms with E-state index in [1.807, 2.05) is 17.0 Å². The van der Waals surface area contributed by atoms with Gasteiger partial charge in [-0.3, -0.25) is 14.4 Å². The van der Waals surface area contributed by atoms with Crippen LogP contribution in [0.3, 0.4) is 0 Å². The minimum atomic E-state index is -0.349. The summed E-state index contributed by atoms with van der Waals surface area (Å²) in [4.78, 5) is 40.0. The second kappa shape index (κ2) is 8.97. The minimum Gasteiger partial charge on any atom is -0.349 e. The summed E-state index contributed by atoms with van der Waals surface area (Å²) in [5.74, 6) is -0.572. The number of hydrogen-bond acceptors (Lipinski definition) is 3. The average Bonchev–Trinajstić information content (AvgIpc) is 3.38. The van der Waals surface area contributed by atoms with Crippen LogP contribution < -0.4 is 10.6 Å². The molecule has 2 aliphatic carbocycles. The van der Waals surface area contributed by atoms with Crippen LogP contribution in [0.5, 0.6) is 0 Å². The van der Waals surface area contributed by atoms with Gasteiger partial charge in [0, 0.05) is 25.0 Å². The minimum absolute atomic E-state index is 0.0837. The summed E-state index contributed by atoms with van der Waals surface area (Å²) in [7, 11) is 0. The number of nitrogens with one attached hydrogen (secondary N) is 2. The van der Waals surface area contributed by atoms with Gasteiger partial charge < -0.3 is 15.5 Å². The van der Waals surface area contributed by atoms with Gasteiger partial charge in [0.15, 0.2) is 0 Å². The number of carbonyl (C=O) groups is 3. The molecule has 2 N–H and O–H groups in total. The molecule has 0 bridgehead atoms. The molecule has 1 atom stereocenters. The SMILES string of the molecule is O=C(NC1CCCCC1)c1ccccc1NC(=O)C1CC(=O)N(C2CCCC2)C1. The van der Waals surface area contributed by atoms with E-state index in [1.54, 1.807) is 12.1 Å². The number of carbonyl (C=O) groups excluding carboxylic acids is 3. The lowest BCUT2D eigenvalue weighted by Crippen LogP contribution is -2.37. The van der Waals surface area contributed by atoms with Crippen molar-refractivity contribution in [2.24, 2.45) is 5.92 Å². The number of amides is 3. The summed E-state index contributed by atoms with van der Waals surface area (Å²) in [6.45, 7) is 0.492. The molecule has 3 aliphatic rings. The molecule has 4 rings (SSSR count). The van der Waals surface area contributed by atoms with Gasteiger partial charge in [0.1, 0.15) is 0 Å². The van der Waals surface area contributed by atoms with E-state index in [0.717, 1.165) is 51.4 Å². The van der Waals surface area contributed by atoms with Gasteiger partial charge in [-0.05, 0) is 37.8 Å². The van der Waals surface area contributed by atoms with E-state index in [2.05, 4.69) is 10.6 Å². The molecular weight excluding hydrogens is 366 g/mol. The van der Waals surface area contributed by atoms with E-state index < -0.39 is 0 Å². The highest BCUT2D eigenvalue weighted by atomic mass is 16.2. The standard InChI is InChI=1S/C23H31N3O3/c27-21-14-16(15-26(21)18-10-4-5-11-18)22(28)25-20-13-7-6-12-19(20)23(29)24-17-8-2-1-3-9-17/h6-7,12-13,16-18H,1-5,8-11,14-15H2,(H,24,29)(H,25,28). The first-order valence-electron chi connectivity index (χ1n) is 11.1. The summed E-state index contributed by atoms with van der Waals surface area (Å²) in [6, 6.07) is 7.66.